The van der Waals surface area contributed by atoms with E-state index in [0.29, 0.717) is 16.8 Å². The van der Waals surface area contributed by atoms with Gasteiger partial charge in [0.2, 0.25) is 0 Å². The number of nitriles is 1. The van der Waals surface area contributed by atoms with Gasteiger partial charge in [-0.3, -0.25) is 14.4 Å². The maximum atomic E-state index is 14.0. The van der Waals surface area contributed by atoms with Crippen LogP contribution in [0.2, 0.25) is 0 Å². The van der Waals surface area contributed by atoms with Crippen LogP contribution in [0, 0.1) is 11.3 Å². The number of halogens is 3. The lowest BCUT2D eigenvalue weighted by atomic mass is 9.92. The van der Waals surface area contributed by atoms with Crippen LogP contribution >= 0.6 is 0 Å². The number of carbonyl (C=O) groups excluding carboxylic acids is 3. The summed E-state index contributed by atoms with van der Waals surface area (Å²) in [5.41, 5.74) is 0.687. The maximum absolute atomic E-state index is 14.0. The fourth-order valence-electron chi connectivity index (χ4n) is 4.84. The van der Waals surface area contributed by atoms with Crippen LogP contribution in [0.3, 0.4) is 0 Å². The van der Waals surface area contributed by atoms with E-state index in [1.54, 1.807) is 25.2 Å². The first-order valence-corrected chi connectivity index (χ1v) is 11.9. The molecule has 1 aromatic heterocycles. The number of imide groups is 1. The minimum atomic E-state index is -4.66. The van der Waals surface area contributed by atoms with Crippen LogP contribution in [0.15, 0.2) is 72.1 Å². The van der Waals surface area contributed by atoms with E-state index in [-0.39, 0.29) is 42.1 Å². The molecule has 1 N–H and O–H groups in total. The van der Waals surface area contributed by atoms with Crippen molar-refractivity contribution in [2.75, 3.05) is 4.90 Å². The molecule has 5 rings (SSSR count). The summed E-state index contributed by atoms with van der Waals surface area (Å²) in [6.45, 7) is 0.00259. The second-order valence-electron chi connectivity index (χ2n) is 9.06. The third kappa shape index (κ3) is 4.63. The zero-order valence-electron chi connectivity index (χ0n) is 20.6. The number of nitrogens with one attached hydrogen (secondary N) is 1. The molecule has 1 atom stereocenters. The van der Waals surface area contributed by atoms with Gasteiger partial charge in [0, 0.05) is 30.9 Å². The number of Topliss-reactive ketones (excluding diaryl/α,β-unsaturated/α-hetero) is 1. The zero-order chi connectivity index (χ0) is 27.9. The molecular weight excluding hydrogens is 513 g/mol. The Kier molecular flexibility index (Phi) is 6.43. The van der Waals surface area contributed by atoms with Crippen LogP contribution in [0.4, 0.5) is 28.4 Å². The molecule has 0 bridgehead atoms. The number of carbonyl (C=O) groups is 3. The van der Waals surface area contributed by atoms with Gasteiger partial charge in [-0.25, -0.2) is 14.5 Å². The second kappa shape index (κ2) is 9.75. The summed E-state index contributed by atoms with van der Waals surface area (Å²) in [6, 6.07) is 11.1. The van der Waals surface area contributed by atoms with Gasteiger partial charge in [0.1, 0.15) is 0 Å². The third-order valence-corrected chi connectivity index (χ3v) is 6.75. The molecule has 1 unspecified atom stereocenters. The molecule has 0 fully saturated rings. The van der Waals surface area contributed by atoms with Crippen LogP contribution < -0.4 is 10.2 Å². The Balaban J connectivity index is 1.64. The van der Waals surface area contributed by atoms with Gasteiger partial charge in [0.05, 0.1) is 41.2 Å². The van der Waals surface area contributed by atoms with Gasteiger partial charge in [0.15, 0.2) is 5.78 Å². The van der Waals surface area contributed by atoms with Crippen molar-refractivity contribution < 1.29 is 27.6 Å². The van der Waals surface area contributed by atoms with Crippen LogP contribution in [0.1, 0.15) is 41.3 Å². The van der Waals surface area contributed by atoms with Crippen LogP contribution in [-0.2, 0) is 24.6 Å². The number of nitrogens with zero attached hydrogens (tertiary/aromatic N) is 5. The van der Waals surface area contributed by atoms with E-state index in [1.165, 1.54) is 35.1 Å². The highest BCUT2D eigenvalue weighted by Crippen LogP contribution is 2.45. The quantitative estimate of drug-likeness (QED) is 0.516. The molecule has 198 valence electrons. The molecule has 4 amide bonds. The number of amides is 4. The summed E-state index contributed by atoms with van der Waals surface area (Å²) >= 11 is 0. The molecule has 0 spiro atoms. The molecule has 2 aromatic carbocycles. The van der Waals surface area contributed by atoms with Gasteiger partial charge < -0.3 is 5.32 Å². The first-order chi connectivity index (χ1) is 18.6. The summed E-state index contributed by atoms with van der Waals surface area (Å²) < 4.78 is 42.1. The number of anilines is 1. The molecule has 39 heavy (non-hydrogen) atoms. The van der Waals surface area contributed by atoms with Gasteiger partial charge in [-0.2, -0.15) is 23.5 Å². The first kappa shape index (κ1) is 25.7. The van der Waals surface area contributed by atoms with Crippen molar-refractivity contribution in [1.82, 2.24) is 20.0 Å². The Morgan fingerprint density at radius 2 is 1.87 bits per heavy atom. The summed E-state index contributed by atoms with van der Waals surface area (Å²) in [4.78, 5) is 42.6. The number of urea groups is 2. The lowest BCUT2D eigenvalue weighted by molar-refractivity contribution is -0.137. The third-order valence-electron chi connectivity index (χ3n) is 6.75. The molecule has 2 aliphatic rings. The van der Waals surface area contributed by atoms with E-state index in [4.69, 9.17) is 0 Å². The summed E-state index contributed by atoms with van der Waals surface area (Å²) in [5.74, 6) is -0.326. The second-order valence-corrected chi connectivity index (χ2v) is 9.06. The van der Waals surface area contributed by atoms with E-state index in [2.05, 4.69) is 10.4 Å². The maximum Gasteiger partial charge on any atom is 0.416 e. The van der Waals surface area contributed by atoms with E-state index >= 15 is 0 Å². The molecule has 0 saturated heterocycles. The fraction of sp³-hybridized carbons (Fsp3) is 0.222. The average molecular weight is 534 g/mol. The smallest absolute Gasteiger partial charge is 0.332 e. The van der Waals surface area contributed by atoms with E-state index < -0.39 is 29.8 Å². The minimum Gasteiger partial charge on any atom is -0.332 e. The molecular formula is C27H21F3N6O3. The van der Waals surface area contributed by atoms with E-state index in [9.17, 15) is 32.8 Å². The summed E-state index contributed by atoms with van der Waals surface area (Å²) in [6.07, 6.45) is -2.97. The summed E-state index contributed by atoms with van der Waals surface area (Å²) in [7, 11) is 1.68. The normalized spacial score (nSPS) is 17.4. The monoisotopic (exact) mass is 534 g/mol. The number of rotatable bonds is 4. The molecule has 3 aromatic rings. The Labute approximate surface area is 220 Å². The lowest BCUT2D eigenvalue weighted by Gasteiger charge is -2.41. The average Bonchev–Trinajstić information content (AvgIpc) is 3.51. The van der Waals surface area contributed by atoms with Crippen molar-refractivity contribution in [3.63, 3.8) is 0 Å². The molecule has 9 nitrogen and oxygen atoms in total. The first-order valence-electron chi connectivity index (χ1n) is 11.9. The lowest BCUT2D eigenvalue weighted by Crippen LogP contribution is -2.55. The van der Waals surface area contributed by atoms with E-state index in [1.807, 2.05) is 6.07 Å². The van der Waals surface area contributed by atoms with Gasteiger partial charge in [-0.05, 0) is 48.4 Å². The van der Waals surface area contributed by atoms with Gasteiger partial charge in [-0.1, -0.05) is 18.2 Å². The number of aryl methyl sites for hydroxylation is 1. The Bertz CT molecular complexity index is 1550. The molecule has 0 radical (unpaired) electrons. The predicted molar refractivity (Wildman–Crippen MR) is 132 cm³/mol. The van der Waals surface area contributed by atoms with Gasteiger partial charge in [-0.15, -0.1) is 0 Å². The number of benzene rings is 2. The number of alkyl halides is 3. The van der Waals surface area contributed by atoms with Gasteiger partial charge >= 0.3 is 18.2 Å². The van der Waals surface area contributed by atoms with Gasteiger partial charge in [0.25, 0.3) is 0 Å². The van der Waals surface area contributed by atoms with Crippen LogP contribution in [0.5, 0.6) is 0 Å². The fourth-order valence-corrected chi connectivity index (χ4v) is 4.84. The molecule has 1 aliphatic heterocycles. The van der Waals surface area contributed by atoms with Crippen molar-refractivity contribution in [2.24, 2.45) is 7.05 Å². The highest BCUT2D eigenvalue weighted by Gasteiger charge is 2.48. The zero-order valence-corrected chi connectivity index (χ0v) is 20.6. The Morgan fingerprint density at radius 3 is 2.51 bits per heavy atom. The minimum absolute atomic E-state index is 0.00259. The van der Waals surface area contributed by atoms with Crippen molar-refractivity contribution in [1.29, 1.82) is 5.26 Å². The molecule has 1 aliphatic carbocycles. The van der Waals surface area contributed by atoms with E-state index in [0.717, 1.165) is 21.9 Å². The van der Waals surface area contributed by atoms with Crippen LogP contribution in [0.25, 0.3) is 0 Å². The summed E-state index contributed by atoms with van der Waals surface area (Å²) in [5, 5.41) is 15.9. The standard InChI is InChI=1S/C27H21F3N6O3/c1-34-20(11-12-33-34)15-32-25(38)36-24(17-7-5-16(14-31)6-8-17)23-21(9-10-22(23)37)35(26(36)39)19-4-2-3-18(13-19)27(28,29)30/h2-8,11-13,24H,9-10,15H2,1H3,(H,32,38). The van der Waals surface area contributed by atoms with Crippen molar-refractivity contribution >= 4 is 23.5 Å². The van der Waals surface area contributed by atoms with Crippen LogP contribution in [-0.4, -0.2) is 32.5 Å². The Hall–Kier alpha value is -4.92. The highest BCUT2D eigenvalue weighted by atomic mass is 19.4. The number of allylic oxidation sites excluding steroid dienone is 1. The molecule has 0 saturated carbocycles. The number of hydrogen-bond donors (Lipinski definition) is 1. The molecule has 12 heteroatoms. The number of aromatic nitrogens is 2. The van der Waals surface area contributed by atoms with Crippen molar-refractivity contribution in [2.45, 2.75) is 31.6 Å². The number of hydrogen-bond acceptors (Lipinski definition) is 5. The predicted octanol–water partition coefficient (Wildman–Crippen LogP) is 4.82. The largest absolute Gasteiger partial charge is 0.416 e. The number of ketones is 1. The highest BCUT2D eigenvalue weighted by molar-refractivity contribution is 6.12. The van der Waals surface area contributed by atoms with Crippen molar-refractivity contribution in [3.05, 3.63) is 94.4 Å². The van der Waals surface area contributed by atoms with Crippen molar-refractivity contribution in [3.8, 4) is 6.07 Å². The Morgan fingerprint density at radius 1 is 1.13 bits per heavy atom. The molecule has 2 heterocycles. The SMILES string of the molecule is Cn1nccc1CNC(=O)N1C(=O)N(c2cccc(C(F)(F)F)c2)C2=C(C(=O)CC2)C1c1ccc(C#N)cc1. The topological polar surface area (TPSA) is 111 Å².